The van der Waals surface area contributed by atoms with E-state index in [1.807, 2.05) is 37.3 Å². The van der Waals surface area contributed by atoms with Gasteiger partial charge >= 0.3 is 0 Å². The lowest BCUT2D eigenvalue weighted by atomic mass is 10.0. The van der Waals surface area contributed by atoms with Crippen LogP contribution in [0.5, 0.6) is 11.5 Å². The highest BCUT2D eigenvalue weighted by molar-refractivity contribution is 6.15. The van der Waals surface area contributed by atoms with Crippen molar-refractivity contribution in [2.75, 3.05) is 0 Å². The maximum atomic E-state index is 13.9. The van der Waals surface area contributed by atoms with Crippen LogP contribution >= 0.6 is 0 Å². The molecule has 0 aliphatic carbocycles. The first kappa shape index (κ1) is 18.7. The van der Waals surface area contributed by atoms with E-state index in [4.69, 9.17) is 9.47 Å². The summed E-state index contributed by atoms with van der Waals surface area (Å²) in [6, 6.07) is 17.7. The summed E-state index contributed by atoms with van der Waals surface area (Å²) >= 11 is 0. The van der Waals surface area contributed by atoms with Crippen molar-refractivity contribution < 1.29 is 18.7 Å². The average Bonchev–Trinajstić information content (AvgIpc) is 3.04. The average molecular weight is 386 g/mol. The van der Waals surface area contributed by atoms with Crippen molar-refractivity contribution in [1.29, 1.82) is 0 Å². The molecular formula is C25H19FO3. The fraction of sp³-hybridized carbons (Fsp3) is 0.0800. The molecule has 0 saturated carbocycles. The Kier molecular flexibility index (Phi) is 5.00. The van der Waals surface area contributed by atoms with Gasteiger partial charge in [-0.05, 0) is 41.8 Å². The zero-order valence-electron chi connectivity index (χ0n) is 15.9. The summed E-state index contributed by atoms with van der Waals surface area (Å²) in [4.78, 5) is 12.7. The molecule has 0 fully saturated rings. The molecule has 3 nitrogen and oxygen atoms in total. The van der Waals surface area contributed by atoms with Gasteiger partial charge in [-0.1, -0.05) is 55.1 Å². The molecule has 1 aliphatic rings. The van der Waals surface area contributed by atoms with E-state index in [0.29, 0.717) is 29.2 Å². The summed E-state index contributed by atoms with van der Waals surface area (Å²) in [5, 5.41) is 0. The molecule has 0 N–H and O–H groups in total. The molecule has 3 aromatic rings. The molecule has 0 radical (unpaired) electrons. The summed E-state index contributed by atoms with van der Waals surface area (Å²) in [6.07, 6.45) is 3.22. The van der Waals surface area contributed by atoms with Crippen molar-refractivity contribution in [1.82, 2.24) is 0 Å². The molecule has 0 unspecified atom stereocenters. The molecule has 0 amide bonds. The third kappa shape index (κ3) is 3.83. The normalized spacial score (nSPS) is 13.9. The number of hydrogen-bond donors (Lipinski definition) is 0. The standard InChI is InChI=1S/C25H19FO3/c1-3-17-8-10-18(11-9-17)15-28-20-12-16(2)24-22(14-20)29-23(25(24)27)13-19-6-4-5-7-21(19)26/h3-14H,1,15H2,2H3/b23-13-. The maximum absolute atomic E-state index is 13.9. The molecule has 144 valence electrons. The second-order valence-electron chi connectivity index (χ2n) is 6.81. The number of ketones is 1. The smallest absolute Gasteiger partial charge is 0.232 e. The second kappa shape index (κ2) is 7.76. The summed E-state index contributed by atoms with van der Waals surface area (Å²) in [7, 11) is 0. The number of hydrogen-bond acceptors (Lipinski definition) is 3. The number of aryl methyl sites for hydroxylation is 1. The summed E-state index contributed by atoms with van der Waals surface area (Å²) in [6.45, 7) is 5.96. The van der Waals surface area contributed by atoms with E-state index in [1.54, 1.807) is 30.3 Å². The van der Waals surface area contributed by atoms with Crippen molar-refractivity contribution in [3.8, 4) is 11.5 Å². The van der Waals surface area contributed by atoms with Crippen molar-refractivity contribution in [3.63, 3.8) is 0 Å². The zero-order chi connectivity index (χ0) is 20.4. The Morgan fingerprint density at radius 2 is 1.86 bits per heavy atom. The lowest BCUT2D eigenvalue weighted by Gasteiger charge is -2.09. The van der Waals surface area contributed by atoms with Gasteiger partial charge in [-0.2, -0.15) is 0 Å². The highest BCUT2D eigenvalue weighted by atomic mass is 19.1. The summed E-state index contributed by atoms with van der Waals surface area (Å²) in [5.41, 5.74) is 3.60. The lowest BCUT2D eigenvalue weighted by Crippen LogP contribution is -2.00. The predicted octanol–water partition coefficient (Wildman–Crippen LogP) is 5.97. The van der Waals surface area contributed by atoms with E-state index in [9.17, 15) is 9.18 Å². The number of rotatable bonds is 5. The largest absolute Gasteiger partial charge is 0.489 e. The number of allylic oxidation sites excluding steroid dienone is 1. The van der Waals surface area contributed by atoms with E-state index in [0.717, 1.165) is 16.7 Å². The fourth-order valence-corrected chi connectivity index (χ4v) is 3.21. The Morgan fingerprint density at radius 1 is 1.10 bits per heavy atom. The van der Waals surface area contributed by atoms with Crippen LogP contribution in [0.1, 0.15) is 32.6 Å². The Morgan fingerprint density at radius 3 is 2.59 bits per heavy atom. The third-order valence-corrected chi connectivity index (χ3v) is 4.76. The molecule has 0 bridgehead atoms. The van der Waals surface area contributed by atoms with Gasteiger partial charge in [0, 0.05) is 11.6 Å². The first-order valence-electron chi connectivity index (χ1n) is 9.23. The van der Waals surface area contributed by atoms with E-state index < -0.39 is 5.82 Å². The molecule has 0 atom stereocenters. The number of halogens is 1. The van der Waals surface area contributed by atoms with Crippen molar-refractivity contribution in [3.05, 3.63) is 107 Å². The number of Topliss-reactive ketones (excluding diaryl/α,β-unsaturated/α-hetero) is 1. The van der Waals surface area contributed by atoms with Gasteiger partial charge in [0.25, 0.3) is 0 Å². The van der Waals surface area contributed by atoms with E-state index in [1.165, 1.54) is 12.1 Å². The van der Waals surface area contributed by atoms with Gasteiger partial charge in [-0.3, -0.25) is 4.79 Å². The van der Waals surface area contributed by atoms with Crippen LogP contribution in [0.15, 0.2) is 73.0 Å². The van der Waals surface area contributed by atoms with E-state index in [-0.39, 0.29) is 11.5 Å². The van der Waals surface area contributed by atoms with Gasteiger partial charge in [0.2, 0.25) is 5.78 Å². The van der Waals surface area contributed by atoms with Crippen LogP contribution in [0.25, 0.3) is 12.2 Å². The van der Waals surface area contributed by atoms with Crippen LogP contribution in [0.3, 0.4) is 0 Å². The minimum Gasteiger partial charge on any atom is -0.489 e. The highest BCUT2D eigenvalue weighted by Gasteiger charge is 2.30. The van der Waals surface area contributed by atoms with Crippen LogP contribution in [0, 0.1) is 12.7 Å². The molecule has 1 aliphatic heterocycles. The van der Waals surface area contributed by atoms with Crippen molar-refractivity contribution in [2.24, 2.45) is 0 Å². The molecule has 4 heteroatoms. The number of benzene rings is 3. The molecule has 1 heterocycles. The summed E-state index contributed by atoms with van der Waals surface area (Å²) in [5.74, 6) is 0.469. The second-order valence-corrected chi connectivity index (χ2v) is 6.81. The quantitative estimate of drug-likeness (QED) is 0.507. The van der Waals surface area contributed by atoms with Crippen LogP contribution in [0.2, 0.25) is 0 Å². The summed E-state index contributed by atoms with van der Waals surface area (Å²) < 4.78 is 25.5. The molecule has 4 rings (SSSR count). The van der Waals surface area contributed by atoms with Crippen molar-refractivity contribution in [2.45, 2.75) is 13.5 Å². The third-order valence-electron chi connectivity index (χ3n) is 4.76. The first-order valence-corrected chi connectivity index (χ1v) is 9.23. The van der Waals surface area contributed by atoms with Crippen LogP contribution < -0.4 is 9.47 Å². The number of carbonyl (C=O) groups is 1. The zero-order valence-corrected chi connectivity index (χ0v) is 15.9. The van der Waals surface area contributed by atoms with E-state index >= 15 is 0 Å². The van der Waals surface area contributed by atoms with Crippen molar-refractivity contribution >= 4 is 17.9 Å². The molecule has 0 aromatic heterocycles. The van der Waals surface area contributed by atoms with Crippen LogP contribution in [-0.4, -0.2) is 5.78 Å². The van der Waals surface area contributed by atoms with Crippen LogP contribution in [0.4, 0.5) is 4.39 Å². The van der Waals surface area contributed by atoms with Gasteiger partial charge in [0.15, 0.2) is 5.76 Å². The first-order chi connectivity index (χ1) is 14.0. The Bertz CT molecular complexity index is 1130. The molecule has 0 spiro atoms. The number of fused-ring (bicyclic) bond motifs is 1. The predicted molar refractivity (Wildman–Crippen MR) is 111 cm³/mol. The molecule has 3 aromatic carbocycles. The number of ether oxygens (including phenoxy) is 2. The lowest BCUT2D eigenvalue weighted by molar-refractivity contribution is 0.101. The van der Waals surface area contributed by atoms with Gasteiger partial charge in [0.1, 0.15) is 23.9 Å². The molecule has 29 heavy (non-hydrogen) atoms. The maximum Gasteiger partial charge on any atom is 0.232 e. The minimum absolute atomic E-state index is 0.102. The highest BCUT2D eigenvalue weighted by Crippen LogP contribution is 2.37. The number of carbonyl (C=O) groups excluding carboxylic acids is 1. The molecule has 0 saturated heterocycles. The Balaban J connectivity index is 1.55. The molecular weight excluding hydrogens is 367 g/mol. The fourth-order valence-electron chi connectivity index (χ4n) is 3.21. The van der Waals surface area contributed by atoms with Gasteiger partial charge in [-0.25, -0.2) is 4.39 Å². The van der Waals surface area contributed by atoms with Gasteiger partial charge in [0.05, 0.1) is 5.56 Å². The Hall–Kier alpha value is -3.66. The minimum atomic E-state index is -0.407. The SMILES string of the molecule is C=Cc1ccc(COc2cc(C)c3c(c2)O/C(=C\c2ccccc2F)C3=O)cc1. The van der Waals surface area contributed by atoms with Gasteiger partial charge < -0.3 is 9.47 Å². The van der Waals surface area contributed by atoms with Crippen LogP contribution in [-0.2, 0) is 6.61 Å². The van der Waals surface area contributed by atoms with Gasteiger partial charge in [-0.15, -0.1) is 0 Å². The monoisotopic (exact) mass is 386 g/mol. The topological polar surface area (TPSA) is 35.5 Å². The Labute approximate surface area is 168 Å². The van der Waals surface area contributed by atoms with E-state index in [2.05, 4.69) is 6.58 Å².